The van der Waals surface area contributed by atoms with Gasteiger partial charge in [-0.05, 0) is 24.6 Å². The summed E-state index contributed by atoms with van der Waals surface area (Å²) in [6.45, 7) is 1.63. The van der Waals surface area contributed by atoms with Crippen LogP contribution in [-0.4, -0.2) is 51.6 Å². The Labute approximate surface area is 181 Å². The Balaban J connectivity index is 1.87. The molecular formula is C22H27N3O6. The van der Waals surface area contributed by atoms with Crippen LogP contribution in [0.3, 0.4) is 0 Å². The quantitative estimate of drug-likeness (QED) is 0.524. The molecule has 2 rings (SSSR count). The van der Waals surface area contributed by atoms with Gasteiger partial charge in [-0.2, -0.15) is 0 Å². The molecule has 0 spiro atoms. The molecule has 1 unspecified atom stereocenters. The summed E-state index contributed by atoms with van der Waals surface area (Å²) in [5, 5.41) is 7.81. The van der Waals surface area contributed by atoms with Gasteiger partial charge < -0.3 is 30.2 Å². The van der Waals surface area contributed by atoms with Gasteiger partial charge in [0, 0.05) is 12.1 Å². The van der Waals surface area contributed by atoms with E-state index in [1.807, 2.05) is 30.3 Å². The Kier molecular flexibility index (Phi) is 8.68. The van der Waals surface area contributed by atoms with Crippen LogP contribution in [-0.2, 0) is 16.1 Å². The summed E-state index contributed by atoms with van der Waals surface area (Å²) in [7, 11) is 4.34. The van der Waals surface area contributed by atoms with E-state index < -0.39 is 17.9 Å². The normalized spacial score (nSPS) is 11.1. The number of carbonyl (C=O) groups excluding carboxylic acids is 3. The molecule has 9 heteroatoms. The van der Waals surface area contributed by atoms with Crippen LogP contribution in [0.2, 0.25) is 0 Å². The number of methoxy groups -OCH3 is 3. The van der Waals surface area contributed by atoms with Gasteiger partial charge in [-0.25, -0.2) is 0 Å². The molecule has 0 aliphatic carbocycles. The summed E-state index contributed by atoms with van der Waals surface area (Å²) in [5.41, 5.74) is 1.18. The minimum Gasteiger partial charge on any atom is -0.493 e. The number of amides is 3. The fourth-order valence-corrected chi connectivity index (χ4v) is 2.77. The van der Waals surface area contributed by atoms with E-state index in [-0.39, 0.29) is 18.0 Å². The van der Waals surface area contributed by atoms with Gasteiger partial charge in [0.1, 0.15) is 6.04 Å². The van der Waals surface area contributed by atoms with Gasteiger partial charge in [0.2, 0.25) is 17.6 Å². The molecule has 9 nitrogen and oxygen atoms in total. The zero-order valence-corrected chi connectivity index (χ0v) is 18.0. The molecule has 0 radical (unpaired) electrons. The van der Waals surface area contributed by atoms with Crippen LogP contribution in [0.15, 0.2) is 42.5 Å². The average Bonchev–Trinajstić information content (AvgIpc) is 2.80. The molecule has 0 aliphatic rings. The lowest BCUT2D eigenvalue weighted by Crippen LogP contribution is -2.47. The monoisotopic (exact) mass is 429 g/mol. The first-order valence-electron chi connectivity index (χ1n) is 9.58. The van der Waals surface area contributed by atoms with Crippen LogP contribution in [0.4, 0.5) is 0 Å². The van der Waals surface area contributed by atoms with Crippen molar-refractivity contribution in [3.63, 3.8) is 0 Å². The molecule has 0 heterocycles. The van der Waals surface area contributed by atoms with Crippen molar-refractivity contribution in [2.24, 2.45) is 0 Å². The van der Waals surface area contributed by atoms with E-state index in [1.165, 1.54) is 33.5 Å². The minimum atomic E-state index is -0.755. The number of hydrogen-bond donors (Lipinski definition) is 3. The lowest BCUT2D eigenvalue weighted by atomic mass is 10.1. The molecule has 3 amide bonds. The second-order valence-corrected chi connectivity index (χ2v) is 6.59. The number of rotatable bonds is 10. The zero-order chi connectivity index (χ0) is 22.8. The van der Waals surface area contributed by atoms with Crippen molar-refractivity contribution in [3.8, 4) is 17.2 Å². The Morgan fingerprint density at radius 1 is 0.903 bits per heavy atom. The number of benzene rings is 2. The summed E-state index contributed by atoms with van der Waals surface area (Å²) >= 11 is 0. The maximum absolute atomic E-state index is 12.4. The van der Waals surface area contributed by atoms with Crippen LogP contribution in [0.5, 0.6) is 17.2 Å². The van der Waals surface area contributed by atoms with Crippen molar-refractivity contribution in [2.45, 2.75) is 19.5 Å². The van der Waals surface area contributed by atoms with Crippen molar-refractivity contribution in [1.82, 2.24) is 16.0 Å². The summed E-state index contributed by atoms with van der Waals surface area (Å²) in [4.78, 5) is 36.7. The maximum atomic E-state index is 12.4. The highest BCUT2D eigenvalue weighted by molar-refractivity contribution is 5.98. The molecule has 0 aromatic heterocycles. The molecular weight excluding hydrogens is 402 g/mol. The number of hydrogen-bond acceptors (Lipinski definition) is 6. The lowest BCUT2D eigenvalue weighted by molar-refractivity contribution is -0.128. The van der Waals surface area contributed by atoms with Crippen LogP contribution in [0, 0.1) is 0 Å². The molecule has 166 valence electrons. The second kappa shape index (κ2) is 11.4. The number of nitrogens with one attached hydrogen (secondary N) is 3. The van der Waals surface area contributed by atoms with Crippen molar-refractivity contribution in [2.75, 3.05) is 27.9 Å². The third-order valence-electron chi connectivity index (χ3n) is 4.42. The van der Waals surface area contributed by atoms with E-state index in [4.69, 9.17) is 14.2 Å². The predicted octanol–water partition coefficient (Wildman–Crippen LogP) is 1.26. The fourth-order valence-electron chi connectivity index (χ4n) is 2.77. The first-order valence-corrected chi connectivity index (χ1v) is 9.58. The fraction of sp³-hybridized carbons (Fsp3) is 0.318. The minimum absolute atomic E-state index is 0.232. The molecule has 0 bridgehead atoms. The zero-order valence-electron chi connectivity index (χ0n) is 18.0. The highest BCUT2D eigenvalue weighted by Crippen LogP contribution is 2.38. The molecule has 0 fully saturated rings. The Morgan fingerprint density at radius 2 is 1.52 bits per heavy atom. The standard InChI is InChI=1S/C22H27N3O6/c1-14(21(27)23-12-15-8-6-5-7-9-15)25-19(26)13-24-22(28)16-10-17(29-2)20(31-4)18(11-16)30-3/h5-11,14H,12-13H2,1-4H3,(H,23,27)(H,24,28)(H,25,26). The van der Waals surface area contributed by atoms with Gasteiger partial charge in [0.15, 0.2) is 11.5 Å². The molecule has 3 N–H and O–H groups in total. The number of carbonyl (C=O) groups is 3. The van der Waals surface area contributed by atoms with Crippen molar-refractivity contribution < 1.29 is 28.6 Å². The Morgan fingerprint density at radius 3 is 2.06 bits per heavy atom. The third kappa shape index (κ3) is 6.63. The summed E-state index contributed by atoms with van der Waals surface area (Å²) in [6, 6.07) is 11.6. The van der Waals surface area contributed by atoms with E-state index in [2.05, 4.69) is 16.0 Å². The summed E-state index contributed by atoms with van der Waals surface area (Å²) in [5.74, 6) is -0.332. The number of ether oxygens (including phenoxy) is 3. The molecule has 2 aromatic carbocycles. The first-order chi connectivity index (χ1) is 14.9. The predicted molar refractivity (Wildman–Crippen MR) is 114 cm³/mol. The van der Waals surface area contributed by atoms with E-state index in [1.54, 1.807) is 6.92 Å². The van der Waals surface area contributed by atoms with Crippen LogP contribution < -0.4 is 30.2 Å². The van der Waals surface area contributed by atoms with Gasteiger partial charge in [0.05, 0.1) is 27.9 Å². The molecule has 31 heavy (non-hydrogen) atoms. The van der Waals surface area contributed by atoms with Crippen molar-refractivity contribution in [1.29, 1.82) is 0 Å². The molecule has 0 saturated carbocycles. The molecule has 1 atom stereocenters. The topological polar surface area (TPSA) is 115 Å². The van der Waals surface area contributed by atoms with Crippen LogP contribution in [0.1, 0.15) is 22.8 Å². The molecule has 0 saturated heterocycles. The Hall–Kier alpha value is -3.75. The maximum Gasteiger partial charge on any atom is 0.251 e. The van der Waals surface area contributed by atoms with Gasteiger partial charge >= 0.3 is 0 Å². The summed E-state index contributed by atoms with van der Waals surface area (Å²) < 4.78 is 15.7. The van der Waals surface area contributed by atoms with Crippen LogP contribution >= 0.6 is 0 Å². The van der Waals surface area contributed by atoms with Gasteiger partial charge in [-0.1, -0.05) is 30.3 Å². The van der Waals surface area contributed by atoms with E-state index >= 15 is 0 Å². The second-order valence-electron chi connectivity index (χ2n) is 6.59. The van der Waals surface area contributed by atoms with E-state index in [0.717, 1.165) is 5.56 Å². The molecule has 2 aromatic rings. The average molecular weight is 429 g/mol. The molecule has 0 aliphatic heterocycles. The third-order valence-corrected chi connectivity index (χ3v) is 4.42. The lowest BCUT2D eigenvalue weighted by Gasteiger charge is -2.15. The van der Waals surface area contributed by atoms with Crippen LogP contribution in [0.25, 0.3) is 0 Å². The van der Waals surface area contributed by atoms with E-state index in [9.17, 15) is 14.4 Å². The van der Waals surface area contributed by atoms with Gasteiger partial charge in [-0.3, -0.25) is 14.4 Å². The highest BCUT2D eigenvalue weighted by atomic mass is 16.5. The van der Waals surface area contributed by atoms with Gasteiger partial charge in [-0.15, -0.1) is 0 Å². The highest BCUT2D eigenvalue weighted by Gasteiger charge is 2.19. The summed E-state index contributed by atoms with van der Waals surface area (Å²) in [6.07, 6.45) is 0. The van der Waals surface area contributed by atoms with Gasteiger partial charge in [0.25, 0.3) is 5.91 Å². The van der Waals surface area contributed by atoms with Crippen molar-refractivity contribution in [3.05, 3.63) is 53.6 Å². The Bertz CT molecular complexity index is 892. The largest absolute Gasteiger partial charge is 0.493 e. The SMILES string of the molecule is COc1cc(C(=O)NCC(=O)NC(C)C(=O)NCc2ccccc2)cc(OC)c1OC. The smallest absolute Gasteiger partial charge is 0.251 e. The first kappa shape index (κ1) is 23.5. The van der Waals surface area contributed by atoms with Crippen molar-refractivity contribution >= 4 is 17.7 Å². The van der Waals surface area contributed by atoms with E-state index in [0.29, 0.717) is 23.8 Å².